The van der Waals surface area contributed by atoms with Gasteiger partial charge in [-0.15, -0.1) is 0 Å². The van der Waals surface area contributed by atoms with Crippen molar-refractivity contribution in [2.75, 3.05) is 0 Å². The van der Waals surface area contributed by atoms with Crippen LogP contribution in [0.5, 0.6) is 0 Å². The summed E-state index contributed by atoms with van der Waals surface area (Å²) < 4.78 is 41.7. The van der Waals surface area contributed by atoms with Crippen molar-refractivity contribution in [2.45, 2.75) is 25.2 Å². The second-order valence-corrected chi connectivity index (χ2v) is 2.84. The minimum Gasteiger partial charge on any atom is -0.379 e. The van der Waals surface area contributed by atoms with Crippen LogP contribution < -0.4 is 0 Å². The zero-order chi connectivity index (χ0) is 8.06. The zero-order valence-electron chi connectivity index (χ0n) is 5.71. The smallest absolute Gasteiger partial charge is 0.379 e. The number of nitrogens with zero attached hydrogens (tertiary/aromatic N) is 1. The van der Waals surface area contributed by atoms with Crippen molar-refractivity contribution >= 4 is 13.3 Å². The molecule has 6 heteroatoms. The first-order valence-electron chi connectivity index (χ1n) is 3.55. The fourth-order valence-electron chi connectivity index (χ4n) is 1.55. The van der Waals surface area contributed by atoms with Crippen LogP contribution in [0, 0.1) is 0 Å². The lowest BCUT2D eigenvalue weighted by molar-refractivity contribution is -0.507. The van der Waals surface area contributed by atoms with Crippen LogP contribution in [0.15, 0.2) is 0 Å². The minimum absolute atomic E-state index is 0.288. The molecule has 1 saturated heterocycles. The molecule has 0 aromatic rings. The Balaban J connectivity index is 2.23. The molecular formula is C5H7BF3NO. The third-order valence-corrected chi connectivity index (χ3v) is 2.04. The lowest BCUT2D eigenvalue weighted by atomic mass is 10.0. The molecule has 0 spiro atoms. The first kappa shape index (κ1) is 7.15. The Morgan fingerprint density at radius 3 is 2.36 bits per heavy atom. The van der Waals surface area contributed by atoms with Gasteiger partial charge >= 0.3 is 7.11 Å². The number of hydrogen-bond acceptors (Lipinski definition) is 1. The van der Waals surface area contributed by atoms with Gasteiger partial charge in [-0.3, -0.25) is 0 Å². The summed E-state index contributed by atoms with van der Waals surface area (Å²) in [5.41, 5.74) is 0. The molecule has 0 radical (unpaired) electrons. The number of ether oxygens (including phenoxy) is 1. The second kappa shape index (κ2) is 2.00. The average molecular weight is 165 g/mol. The fraction of sp³-hybridized carbons (Fsp3) is 0.800. The molecule has 2 rings (SSSR count). The molecule has 0 N–H and O–H groups in total. The lowest BCUT2D eigenvalue weighted by Crippen LogP contribution is -2.40. The Hall–Kier alpha value is -0.515. The fourth-order valence-corrected chi connectivity index (χ4v) is 1.55. The van der Waals surface area contributed by atoms with Gasteiger partial charge in [0.25, 0.3) is 0 Å². The molecule has 0 aromatic heterocycles. The van der Waals surface area contributed by atoms with Crippen molar-refractivity contribution in [3.05, 3.63) is 0 Å². The average Bonchev–Trinajstić information content (AvgIpc) is 2.42. The molecule has 2 aliphatic rings. The van der Waals surface area contributed by atoms with Crippen LogP contribution in [-0.4, -0.2) is 30.1 Å². The van der Waals surface area contributed by atoms with E-state index in [0.29, 0.717) is 10.9 Å². The van der Waals surface area contributed by atoms with Crippen molar-refractivity contribution in [3.8, 4) is 0 Å². The van der Waals surface area contributed by atoms with Gasteiger partial charge in [0.2, 0.25) is 6.23 Å². The molecule has 1 fully saturated rings. The highest BCUT2D eigenvalue weighted by atomic mass is 19.4. The van der Waals surface area contributed by atoms with E-state index in [1.807, 2.05) is 0 Å². The largest absolute Gasteiger partial charge is 0.807 e. The van der Waals surface area contributed by atoms with Crippen LogP contribution in [0.3, 0.4) is 0 Å². The predicted molar refractivity (Wildman–Crippen MR) is 33.3 cm³/mol. The Labute approximate surface area is 61.7 Å². The summed E-state index contributed by atoms with van der Waals surface area (Å²) in [6.45, 7) is 0. The molecular weight excluding hydrogens is 158 g/mol. The third-order valence-electron chi connectivity index (χ3n) is 2.04. The molecule has 62 valence electrons. The summed E-state index contributed by atoms with van der Waals surface area (Å²) in [4.78, 5) is 0. The van der Waals surface area contributed by atoms with Crippen LogP contribution in [0.25, 0.3) is 0 Å². The van der Waals surface area contributed by atoms with E-state index in [4.69, 9.17) is 4.74 Å². The molecule has 2 unspecified atom stereocenters. The van der Waals surface area contributed by atoms with E-state index >= 15 is 0 Å². The summed E-state index contributed by atoms with van der Waals surface area (Å²) in [7, 11) is -4.88. The summed E-state index contributed by atoms with van der Waals surface area (Å²) in [5.74, 6) is 0. The number of fused-ring (bicyclic) bond motifs is 2. The maximum atomic E-state index is 12.1. The number of halogens is 3. The maximum Gasteiger partial charge on any atom is 0.807 e. The van der Waals surface area contributed by atoms with Gasteiger partial charge in [-0.1, -0.05) is 0 Å². The van der Waals surface area contributed by atoms with E-state index in [-0.39, 0.29) is 6.10 Å². The van der Waals surface area contributed by atoms with E-state index in [2.05, 4.69) is 0 Å². The Morgan fingerprint density at radius 1 is 1.36 bits per heavy atom. The van der Waals surface area contributed by atoms with Gasteiger partial charge in [-0.25, -0.2) is 0 Å². The van der Waals surface area contributed by atoms with Crippen molar-refractivity contribution in [1.82, 2.24) is 0 Å². The highest BCUT2D eigenvalue weighted by Crippen LogP contribution is 2.29. The minimum atomic E-state index is -4.88. The third kappa shape index (κ3) is 1.05. The molecule has 0 amide bonds. The molecule has 2 aliphatic heterocycles. The highest BCUT2D eigenvalue weighted by Gasteiger charge is 2.52. The predicted octanol–water partition coefficient (Wildman–Crippen LogP) is 0.932. The summed E-state index contributed by atoms with van der Waals surface area (Å²) in [5, 5.41) is 0. The van der Waals surface area contributed by atoms with Gasteiger partial charge in [-0.2, -0.15) is 0 Å². The molecule has 2 atom stereocenters. The standard InChI is InChI=1S/C5H7BF3NO/c7-6(8,9)10-3-4-1-2-5(10)11-4/h3-5H,1-2H2. The molecule has 2 nitrogen and oxygen atoms in total. The van der Waals surface area contributed by atoms with E-state index in [9.17, 15) is 12.9 Å². The van der Waals surface area contributed by atoms with Crippen molar-refractivity contribution in [3.63, 3.8) is 0 Å². The van der Waals surface area contributed by atoms with Gasteiger partial charge in [0, 0.05) is 6.42 Å². The summed E-state index contributed by atoms with van der Waals surface area (Å²) in [6.07, 6.45) is 1.37. The first-order valence-corrected chi connectivity index (χ1v) is 3.55. The molecule has 0 aliphatic carbocycles. The maximum absolute atomic E-state index is 12.1. The van der Waals surface area contributed by atoms with Gasteiger partial charge < -0.3 is 22.2 Å². The quantitative estimate of drug-likeness (QED) is 0.526. The summed E-state index contributed by atoms with van der Waals surface area (Å²) >= 11 is 0. The molecule has 0 aromatic carbocycles. The van der Waals surface area contributed by atoms with E-state index < -0.39 is 13.3 Å². The summed E-state index contributed by atoms with van der Waals surface area (Å²) in [6, 6.07) is 0. The zero-order valence-corrected chi connectivity index (χ0v) is 5.71. The van der Waals surface area contributed by atoms with E-state index in [0.717, 1.165) is 12.6 Å². The van der Waals surface area contributed by atoms with Gasteiger partial charge in [0.05, 0.1) is 0 Å². The van der Waals surface area contributed by atoms with E-state index in [1.54, 1.807) is 0 Å². The van der Waals surface area contributed by atoms with Crippen molar-refractivity contribution in [1.29, 1.82) is 0 Å². The number of rotatable bonds is 1. The topological polar surface area (TPSA) is 12.2 Å². The molecule has 2 heterocycles. The molecule has 0 saturated carbocycles. The molecule has 11 heavy (non-hydrogen) atoms. The van der Waals surface area contributed by atoms with Crippen molar-refractivity contribution in [2.24, 2.45) is 0 Å². The van der Waals surface area contributed by atoms with Gasteiger partial charge in [0.15, 0.2) is 0 Å². The lowest BCUT2D eigenvalue weighted by Gasteiger charge is -2.15. The van der Waals surface area contributed by atoms with E-state index in [1.165, 1.54) is 0 Å². The van der Waals surface area contributed by atoms with Crippen LogP contribution in [0.1, 0.15) is 12.8 Å². The van der Waals surface area contributed by atoms with Gasteiger partial charge in [0.1, 0.15) is 12.3 Å². The highest BCUT2D eigenvalue weighted by molar-refractivity contribution is 6.49. The van der Waals surface area contributed by atoms with Crippen LogP contribution in [0.2, 0.25) is 0 Å². The molecule has 2 bridgehead atoms. The normalized spacial score (nSPS) is 36.1. The SMILES string of the molecule is F[B-](F)(F)[N+]1=CC2CCC1O2. The first-order chi connectivity index (χ1) is 5.07. The Kier molecular flexibility index (Phi) is 1.30. The second-order valence-electron chi connectivity index (χ2n) is 2.84. The Morgan fingerprint density at radius 2 is 2.09 bits per heavy atom. The number of hydrogen-bond donors (Lipinski definition) is 0. The van der Waals surface area contributed by atoms with Crippen molar-refractivity contribution < 1.29 is 22.2 Å². The monoisotopic (exact) mass is 165 g/mol. The van der Waals surface area contributed by atoms with Crippen LogP contribution >= 0.6 is 0 Å². The van der Waals surface area contributed by atoms with Crippen LogP contribution in [0.4, 0.5) is 12.9 Å². The van der Waals surface area contributed by atoms with Gasteiger partial charge in [-0.05, 0) is 6.42 Å². The van der Waals surface area contributed by atoms with Crippen LogP contribution in [-0.2, 0) is 4.74 Å². The Bertz CT molecular complexity index is 214.